The fourth-order valence-electron chi connectivity index (χ4n) is 1.77. The Morgan fingerprint density at radius 3 is 2.22 bits per heavy atom. The van der Waals surface area contributed by atoms with Crippen molar-refractivity contribution in [3.8, 4) is 11.5 Å². The first-order valence-corrected chi connectivity index (χ1v) is 7.11. The van der Waals surface area contributed by atoms with Crippen molar-refractivity contribution in [1.29, 1.82) is 0 Å². The minimum absolute atomic E-state index is 0.0184. The van der Waals surface area contributed by atoms with Crippen LogP contribution in [-0.4, -0.2) is 13.2 Å². The molecule has 0 aliphatic carbocycles. The topological polar surface area (TPSA) is 18.5 Å². The maximum atomic E-state index is 6.46. The second kappa shape index (κ2) is 7.52. The molecule has 0 saturated heterocycles. The van der Waals surface area contributed by atoms with E-state index in [0.717, 1.165) is 23.5 Å². The Morgan fingerprint density at radius 2 is 1.67 bits per heavy atom. The molecule has 3 heteroatoms. The van der Waals surface area contributed by atoms with E-state index in [0.29, 0.717) is 19.1 Å². The number of benzene rings is 1. The van der Waals surface area contributed by atoms with Crippen molar-refractivity contribution < 1.29 is 9.47 Å². The second-order valence-electron chi connectivity index (χ2n) is 4.36. The highest BCUT2D eigenvalue weighted by molar-refractivity contribution is 6.21. The second-order valence-corrected chi connectivity index (χ2v) is 4.83. The fraction of sp³-hybridized carbons (Fsp3) is 0.600. The Bertz CT molecular complexity index is 366. The van der Waals surface area contributed by atoms with E-state index < -0.39 is 0 Å². The van der Waals surface area contributed by atoms with E-state index in [1.165, 1.54) is 0 Å². The maximum Gasteiger partial charge on any atom is 0.161 e. The molecule has 0 aliphatic heterocycles. The van der Waals surface area contributed by atoms with Gasteiger partial charge in [-0.15, -0.1) is 11.6 Å². The van der Waals surface area contributed by atoms with Gasteiger partial charge in [0.2, 0.25) is 0 Å². The lowest BCUT2D eigenvalue weighted by molar-refractivity contribution is 0.287. The summed E-state index contributed by atoms with van der Waals surface area (Å²) in [5.41, 5.74) is 1.10. The van der Waals surface area contributed by atoms with Gasteiger partial charge >= 0.3 is 0 Å². The smallest absolute Gasteiger partial charge is 0.161 e. The summed E-state index contributed by atoms with van der Waals surface area (Å²) in [7, 11) is 0. The largest absolute Gasteiger partial charge is 0.490 e. The van der Waals surface area contributed by atoms with Crippen LogP contribution in [0.2, 0.25) is 0 Å². The van der Waals surface area contributed by atoms with Gasteiger partial charge in [-0.3, -0.25) is 0 Å². The highest BCUT2D eigenvalue weighted by atomic mass is 35.5. The van der Waals surface area contributed by atoms with Crippen LogP contribution in [0.25, 0.3) is 0 Å². The van der Waals surface area contributed by atoms with E-state index in [-0.39, 0.29) is 5.38 Å². The molecule has 0 spiro atoms. The summed E-state index contributed by atoms with van der Waals surface area (Å²) in [5, 5.41) is 0.0184. The highest BCUT2D eigenvalue weighted by Crippen LogP contribution is 2.36. The van der Waals surface area contributed by atoms with E-state index in [2.05, 4.69) is 13.8 Å². The summed E-state index contributed by atoms with van der Waals surface area (Å²) in [5.74, 6) is 2.01. The lowest BCUT2D eigenvalue weighted by atomic mass is 9.98. The van der Waals surface area contributed by atoms with Gasteiger partial charge in [-0.1, -0.05) is 26.3 Å². The van der Waals surface area contributed by atoms with Gasteiger partial charge < -0.3 is 9.47 Å². The molecule has 0 amide bonds. The summed E-state index contributed by atoms with van der Waals surface area (Å²) in [6.45, 7) is 9.50. The fourth-order valence-corrected chi connectivity index (χ4v) is 2.09. The van der Waals surface area contributed by atoms with Crippen LogP contribution in [0.1, 0.15) is 45.1 Å². The van der Waals surface area contributed by atoms with Gasteiger partial charge in [0, 0.05) is 0 Å². The zero-order valence-electron chi connectivity index (χ0n) is 11.7. The summed E-state index contributed by atoms with van der Waals surface area (Å²) in [6.07, 6.45) is 1.06. The van der Waals surface area contributed by atoms with Crippen LogP contribution in [0, 0.1) is 5.92 Å². The Balaban J connectivity index is 2.98. The number of hydrogen-bond donors (Lipinski definition) is 0. The number of ether oxygens (including phenoxy) is 2. The molecule has 0 heterocycles. The van der Waals surface area contributed by atoms with Crippen LogP contribution in [0.3, 0.4) is 0 Å². The van der Waals surface area contributed by atoms with Crippen molar-refractivity contribution in [1.82, 2.24) is 0 Å². The maximum absolute atomic E-state index is 6.46. The molecule has 2 nitrogen and oxygen atoms in total. The minimum atomic E-state index is 0.0184. The molecule has 0 radical (unpaired) electrons. The summed E-state index contributed by atoms with van der Waals surface area (Å²) in [4.78, 5) is 0. The van der Waals surface area contributed by atoms with Crippen LogP contribution in [0.4, 0.5) is 0 Å². The van der Waals surface area contributed by atoms with Gasteiger partial charge in [-0.05, 0) is 37.5 Å². The van der Waals surface area contributed by atoms with E-state index in [1.807, 2.05) is 32.0 Å². The number of alkyl halides is 1. The Morgan fingerprint density at radius 1 is 1.06 bits per heavy atom. The molecule has 0 aromatic heterocycles. The lowest BCUT2D eigenvalue weighted by Crippen LogP contribution is -2.04. The van der Waals surface area contributed by atoms with Gasteiger partial charge in [0.1, 0.15) is 0 Å². The van der Waals surface area contributed by atoms with E-state index in [1.54, 1.807) is 0 Å². The molecule has 102 valence electrons. The molecule has 1 rings (SSSR count). The third kappa shape index (κ3) is 3.81. The zero-order chi connectivity index (χ0) is 13.5. The number of halogens is 1. The van der Waals surface area contributed by atoms with Crippen molar-refractivity contribution in [2.24, 2.45) is 5.92 Å². The van der Waals surface area contributed by atoms with Gasteiger partial charge in [-0.25, -0.2) is 0 Å². The van der Waals surface area contributed by atoms with E-state index >= 15 is 0 Å². The van der Waals surface area contributed by atoms with Crippen molar-refractivity contribution >= 4 is 11.6 Å². The molecule has 0 saturated carbocycles. The lowest BCUT2D eigenvalue weighted by Gasteiger charge is -2.19. The summed E-state index contributed by atoms with van der Waals surface area (Å²) >= 11 is 6.46. The Labute approximate surface area is 115 Å². The van der Waals surface area contributed by atoms with Crippen LogP contribution >= 0.6 is 11.6 Å². The molecule has 18 heavy (non-hydrogen) atoms. The third-order valence-corrected chi connectivity index (χ3v) is 3.71. The summed E-state index contributed by atoms with van der Waals surface area (Å²) < 4.78 is 11.2. The van der Waals surface area contributed by atoms with Crippen molar-refractivity contribution in [3.05, 3.63) is 23.8 Å². The SMILES string of the molecule is CCOc1ccc(C(Cl)C(C)CC)cc1OCC. The molecule has 2 atom stereocenters. The minimum Gasteiger partial charge on any atom is -0.490 e. The first-order chi connectivity index (χ1) is 8.63. The van der Waals surface area contributed by atoms with Crippen molar-refractivity contribution in [2.45, 2.75) is 39.5 Å². The number of rotatable bonds is 7. The average Bonchev–Trinajstić information content (AvgIpc) is 2.39. The zero-order valence-corrected chi connectivity index (χ0v) is 12.5. The molecule has 0 aliphatic rings. The van der Waals surface area contributed by atoms with Crippen molar-refractivity contribution in [2.75, 3.05) is 13.2 Å². The molecule has 0 bridgehead atoms. The molecular weight excluding hydrogens is 248 g/mol. The van der Waals surface area contributed by atoms with Crippen LogP contribution in [-0.2, 0) is 0 Å². The molecule has 2 unspecified atom stereocenters. The monoisotopic (exact) mass is 270 g/mol. The Kier molecular flexibility index (Phi) is 6.34. The molecule has 1 aromatic rings. The summed E-state index contributed by atoms with van der Waals surface area (Å²) in [6, 6.07) is 5.97. The molecule has 0 fully saturated rings. The first kappa shape index (κ1) is 15.2. The highest BCUT2D eigenvalue weighted by Gasteiger charge is 2.17. The first-order valence-electron chi connectivity index (χ1n) is 6.67. The third-order valence-electron chi connectivity index (χ3n) is 3.03. The molecule has 1 aromatic carbocycles. The van der Waals surface area contributed by atoms with Gasteiger partial charge in [-0.2, -0.15) is 0 Å². The van der Waals surface area contributed by atoms with E-state index in [4.69, 9.17) is 21.1 Å². The predicted molar refractivity (Wildman–Crippen MR) is 76.8 cm³/mol. The van der Waals surface area contributed by atoms with Crippen LogP contribution in [0.15, 0.2) is 18.2 Å². The van der Waals surface area contributed by atoms with Gasteiger partial charge in [0.15, 0.2) is 11.5 Å². The molecule has 0 N–H and O–H groups in total. The van der Waals surface area contributed by atoms with Crippen molar-refractivity contribution in [3.63, 3.8) is 0 Å². The number of hydrogen-bond acceptors (Lipinski definition) is 2. The standard InChI is InChI=1S/C15H23ClO2/c1-5-11(4)15(16)12-8-9-13(17-6-2)14(10-12)18-7-3/h8-11,15H,5-7H2,1-4H3. The van der Waals surface area contributed by atoms with Crippen LogP contribution in [0.5, 0.6) is 11.5 Å². The van der Waals surface area contributed by atoms with Gasteiger partial charge in [0.25, 0.3) is 0 Å². The average molecular weight is 271 g/mol. The van der Waals surface area contributed by atoms with E-state index in [9.17, 15) is 0 Å². The normalized spacial score (nSPS) is 14.1. The molecular formula is C15H23ClO2. The van der Waals surface area contributed by atoms with Crippen LogP contribution < -0.4 is 9.47 Å². The Hall–Kier alpha value is -0.890. The van der Waals surface area contributed by atoms with Gasteiger partial charge in [0.05, 0.1) is 18.6 Å². The quantitative estimate of drug-likeness (QED) is 0.662. The predicted octanol–water partition coefficient (Wildman–Crippen LogP) is 4.81.